The molecule has 0 spiro atoms. The van der Waals surface area contributed by atoms with Crippen molar-refractivity contribution in [2.24, 2.45) is 0 Å². The van der Waals surface area contributed by atoms with E-state index in [4.69, 9.17) is 4.42 Å². The number of nitrogens with zero attached hydrogens (tertiary/aromatic N) is 4. The molecule has 2 N–H and O–H groups in total. The number of nitrogens with one attached hydrogen (secondary N) is 2. The van der Waals surface area contributed by atoms with Gasteiger partial charge in [-0.15, -0.1) is 0 Å². The molecule has 1 fully saturated rings. The first-order valence-corrected chi connectivity index (χ1v) is 12.3. The molecule has 2 aromatic heterocycles. The Morgan fingerprint density at radius 2 is 1.71 bits per heavy atom. The normalized spacial score (nSPS) is 15.1. The van der Waals surface area contributed by atoms with E-state index >= 15 is 0 Å². The lowest BCUT2D eigenvalue weighted by Crippen LogP contribution is -2.49. The maximum atomic E-state index is 13.2. The SMILES string of the molecule is Cc1ccc(Nc2cc(C)nc(N3CCN(S(=O)(=O)c4ccc5oc(=O)[nH]c5c4)CC3)n2)cc1. The standard InChI is InChI=1S/C23H24N6O4S/c1-15-3-5-17(6-4-15)25-21-13-16(2)24-22(27-21)28-9-11-29(12-10-28)34(31,32)18-7-8-20-19(14-18)26-23(30)33-20/h3-8,13-14H,9-12H2,1-2H3,(H,26,30)(H,24,25,27). The minimum absolute atomic E-state index is 0.113. The summed E-state index contributed by atoms with van der Waals surface area (Å²) in [5.74, 6) is 0.625. The summed E-state index contributed by atoms with van der Waals surface area (Å²) in [5.41, 5.74) is 3.60. The predicted octanol–water partition coefficient (Wildman–Crippen LogP) is 2.78. The number of benzene rings is 2. The molecule has 10 nitrogen and oxygen atoms in total. The molecule has 1 aliphatic rings. The molecule has 0 radical (unpaired) electrons. The Bertz CT molecular complexity index is 1500. The van der Waals surface area contributed by atoms with Crippen molar-refractivity contribution in [3.05, 3.63) is 70.3 Å². The van der Waals surface area contributed by atoms with Crippen molar-refractivity contribution in [3.8, 4) is 0 Å². The number of aromatic amines is 1. The molecule has 3 heterocycles. The van der Waals surface area contributed by atoms with Crippen molar-refractivity contribution >= 4 is 38.6 Å². The predicted molar refractivity (Wildman–Crippen MR) is 129 cm³/mol. The van der Waals surface area contributed by atoms with E-state index in [9.17, 15) is 13.2 Å². The van der Waals surface area contributed by atoms with Crippen LogP contribution in [0.1, 0.15) is 11.3 Å². The summed E-state index contributed by atoms with van der Waals surface area (Å²) < 4.78 is 32.7. The summed E-state index contributed by atoms with van der Waals surface area (Å²) in [7, 11) is -3.72. The van der Waals surface area contributed by atoms with Crippen molar-refractivity contribution in [1.29, 1.82) is 0 Å². The van der Waals surface area contributed by atoms with Gasteiger partial charge in [-0.1, -0.05) is 17.7 Å². The minimum Gasteiger partial charge on any atom is -0.408 e. The highest BCUT2D eigenvalue weighted by molar-refractivity contribution is 7.89. The lowest BCUT2D eigenvalue weighted by atomic mass is 10.2. The first kappa shape index (κ1) is 22.1. The van der Waals surface area contributed by atoms with Gasteiger partial charge in [-0.3, -0.25) is 4.98 Å². The zero-order valence-corrected chi connectivity index (χ0v) is 19.6. The highest BCUT2D eigenvalue weighted by atomic mass is 32.2. The zero-order valence-electron chi connectivity index (χ0n) is 18.8. The summed E-state index contributed by atoms with van der Waals surface area (Å²) >= 11 is 0. The third kappa shape index (κ3) is 4.39. The number of hydrogen-bond donors (Lipinski definition) is 2. The Kier molecular flexibility index (Phi) is 5.58. The maximum Gasteiger partial charge on any atom is 0.417 e. The van der Waals surface area contributed by atoms with Crippen LogP contribution in [0.25, 0.3) is 11.1 Å². The first-order valence-electron chi connectivity index (χ1n) is 10.9. The largest absolute Gasteiger partial charge is 0.417 e. The Labute approximate surface area is 196 Å². The van der Waals surface area contributed by atoms with Crippen molar-refractivity contribution in [2.75, 3.05) is 36.4 Å². The number of hydrogen-bond acceptors (Lipinski definition) is 8. The van der Waals surface area contributed by atoms with Crippen LogP contribution in [0.4, 0.5) is 17.5 Å². The average Bonchev–Trinajstić information content (AvgIpc) is 3.19. The Hall–Kier alpha value is -3.70. The molecule has 0 unspecified atom stereocenters. The molecule has 5 rings (SSSR count). The van der Waals surface area contributed by atoms with Crippen molar-refractivity contribution in [3.63, 3.8) is 0 Å². The summed E-state index contributed by atoms with van der Waals surface area (Å²) in [4.78, 5) is 25.2. The molecular weight excluding hydrogens is 456 g/mol. The van der Waals surface area contributed by atoms with Gasteiger partial charge >= 0.3 is 5.76 Å². The van der Waals surface area contributed by atoms with Gasteiger partial charge in [-0.05, 0) is 44.2 Å². The quantitative estimate of drug-likeness (QED) is 0.447. The highest BCUT2D eigenvalue weighted by Gasteiger charge is 2.30. The van der Waals surface area contributed by atoms with Crippen molar-refractivity contribution in [1.82, 2.24) is 19.3 Å². The fourth-order valence-electron chi connectivity index (χ4n) is 3.91. The third-order valence-electron chi connectivity index (χ3n) is 5.72. The van der Waals surface area contributed by atoms with E-state index in [-0.39, 0.29) is 4.90 Å². The zero-order chi connectivity index (χ0) is 23.9. The first-order chi connectivity index (χ1) is 16.3. The van der Waals surface area contributed by atoms with Gasteiger partial charge in [0, 0.05) is 43.6 Å². The van der Waals surface area contributed by atoms with Gasteiger partial charge in [0.1, 0.15) is 5.82 Å². The van der Waals surface area contributed by atoms with Crippen LogP contribution in [0.2, 0.25) is 0 Å². The van der Waals surface area contributed by atoms with Crippen molar-refractivity contribution in [2.45, 2.75) is 18.7 Å². The molecule has 0 atom stereocenters. The number of oxazole rings is 1. The number of aromatic nitrogens is 3. The van der Waals surface area contributed by atoms with E-state index in [1.165, 1.54) is 28.1 Å². The van der Waals surface area contributed by atoms with E-state index in [1.807, 2.05) is 49.1 Å². The van der Waals surface area contributed by atoms with Gasteiger partial charge in [0.25, 0.3) is 0 Å². The lowest BCUT2D eigenvalue weighted by Gasteiger charge is -2.34. The molecule has 1 saturated heterocycles. The smallest absolute Gasteiger partial charge is 0.408 e. The molecule has 0 saturated carbocycles. The minimum atomic E-state index is -3.72. The Morgan fingerprint density at radius 3 is 2.44 bits per heavy atom. The van der Waals surface area contributed by atoms with Crippen LogP contribution in [-0.4, -0.2) is 53.9 Å². The molecule has 4 aromatic rings. The fourth-order valence-corrected chi connectivity index (χ4v) is 5.36. The second-order valence-electron chi connectivity index (χ2n) is 8.25. The summed E-state index contributed by atoms with van der Waals surface area (Å²) in [6, 6.07) is 14.3. The number of aryl methyl sites for hydroxylation is 2. The van der Waals surface area contributed by atoms with Gasteiger partial charge in [0.2, 0.25) is 16.0 Å². The van der Waals surface area contributed by atoms with E-state index in [0.29, 0.717) is 49.0 Å². The van der Waals surface area contributed by atoms with Crippen LogP contribution in [-0.2, 0) is 10.0 Å². The number of rotatable bonds is 5. The van der Waals surface area contributed by atoms with Crippen LogP contribution in [0.3, 0.4) is 0 Å². The van der Waals surface area contributed by atoms with E-state index < -0.39 is 15.8 Å². The van der Waals surface area contributed by atoms with E-state index in [1.54, 1.807) is 0 Å². The van der Waals surface area contributed by atoms with Crippen LogP contribution >= 0.6 is 0 Å². The molecular formula is C23H24N6O4S. The van der Waals surface area contributed by atoms with Gasteiger partial charge < -0.3 is 14.6 Å². The Balaban J connectivity index is 1.31. The topological polar surface area (TPSA) is 124 Å². The lowest BCUT2D eigenvalue weighted by molar-refractivity contribution is 0.382. The van der Waals surface area contributed by atoms with Gasteiger partial charge in [-0.25, -0.2) is 18.2 Å². The summed E-state index contributed by atoms with van der Waals surface area (Å²) in [5, 5.41) is 3.31. The van der Waals surface area contributed by atoms with Crippen LogP contribution in [0, 0.1) is 13.8 Å². The second-order valence-corrected chi connectivity index (χ2v) is 10.2. The highest BCUT2D eigenvalue weighted by Crippen LogP contribution is 2.24. The molecule has 11 heteroatoms. The Morgan fingerprint density at radius 1 is 0.971 bits per heavy atom. The second kappa shape index (κ2) is 8.58. The maximum absolute atomic E-state index is 13.2. The summed E-state index contributed by atoms with van der Waals surface area (Å²) in [6.07, 6.45) is 0. The molecule has 0 bridgehead atoms. The van der Waals surface area contributed by atoms with Gasteiger partial charge in [0.15, 0.2) is 5.58 Å². The third-order valence-corrected chi connectivity index (χ3v) is 7.61. The monoisotopic (exact) mass is 480 g/mol. The van der Waals surface area contributed by atoms with Crippen molar-refractivity contribution < 1.29 is 12.8 Å². The molecule has 1 aliphatic heterocycles. The van der Waals surface area contributed by atoms with Crippen LogP contribution in [0.5, 0.6) is 0 Å². The average molecular weight is 481 g/mol. The molecule has 34 heavy (non-hydrogen) atoms. The number of fused-ring (bicyclic) bond motifs is 1. The number of H-pyrrole nitrogens is 1. The summed E-state index contributed by atoms with van der Waals surface area (Å²) in [6.45, 7) is 5.44. The molecule has 0 amide bonds. The van der Waals surface area contributed by atoms with Crippen LogP contribution < -0.4 is 16.0 Å². The van der Waals surface area contributed by atoms with Gasteiger partial charge in [-0.2, -0.15) is 9.29 Å². The molecule has 176 valence electrons. The van der Waals surface area contributed by atoms with E-state index in [2.05, 4.69) is 20.3 Å². The number of piperazine rings is 1. The number of anilines is 3. The van der Waals surface area contributed by atoms with Gasteiger partial charge in [0.05, 0.1) is 10.4 Å². The molecule has 2 aromatic carbocycles. The molecule has 0 aliphatic carbocycles. The fraction of sp³-hybridized carbons (Fsp3) is 0.261. The number of sulfonamides is 1. The van der Waals surface area contributed by atoms with Crippen LogP contribution in [0.15, 0.2) is 62.6 Å². The van der Waals surface area contributed by atoms with E-state index in [0.717, 1.165) is 11.4 Å².